The molecule has 3 rings (SSSR count). The Morgan fingerprint density at radius 2 is 1.85 bits per heavy atom. The maximum atomic E-state index is 10.3. The molecule has 1 N–H and O–H groups in total. The molecule has 0 atom stereocenters. The van der Waals surface area contributed by atoms with Gasteiger partial charge in [-0.1, -0.05) is 43.3 Å². The maximum Gasteiger partial charge on any atom is 0.219 e. The SMILES string of the molecule is CCCC(=O)NC.c1ccc2c(c1)ccc1ccoc12. The summed E-state index contributed by atoms with van der Waals surface area (Å²) in [6.45, 7) is 1.98. The van der Waals surface area contributed by atoms with Gasteiger partial charge in [-0.05, 0) is 17.9 Å². The Hall–Kier alpha value is -2.29. The van der Waals surface area contributed by atoms with E-state index in [4.69, 9.17) is 4.42 Å². The van der Waals surface area contributed by atoms with Crippen molar-refractivity contribution in [3.05, 3.63) is 48.7 Å². The lowest BCUT2D eigenvalue weighted by atomic mass is 10.1. The van der Waals surface area contributed by atoms with Crippen LogP contribution in [0.2, 0.25) is 0 Å². The highest BCUT2D eigenvalue weighted by Gasteiger charge is 2.00. The van der Waals surface area contributed by atoms with Crippen LogP contribution in [0, 0.1) is 0 Å². The Balaban J connectivity index is 0.000000182. The molecule has 1 amide bonds. The summed E-state index contributed by atoms with van der Waals surface area (Å²) in [7, 11) is 1.65. The monoisotopic (exact) mass is 269 g/mol. The molecule has 3 heteroatoms. The van der Waals surface area contributed by atoms with Gasteiger partial charge < -0.3 is 9.73 Å². The van der Waals surface area contributed by atoms with Gasteiger partial charge in [-0.3, -0.25) is 4.79 Å². The van der Waals surface area contributed by atoms with Crippen molar-refractivity contribution in [2.45, 2.75) is 19.8 Å². The molecule has 0 radical (unpaired) electrons. The molecule has 0 fully saturated rings. The molecule has 1 aromatic heterocycles. The molecular weight excluding hydrogens is 250 g/mol. The quantitative estimate of drug-likeness (QED) is 0.760. The van der Waals surface area contributed by atoms with Crippen LogP contribution < -0.4 is 5.32 Å². The molecule has 0 aliphatic rings. The molecule has 0 saturated heterocycles. The predicted octanol–water partition coefficient (Wildman–Crippen LogP) is 4.12. The molecule has 3 nitrogen and oxygen atoms in total. The van der Waals surface area contributed by atoms with E-state index in [1.165, 1.54) is 16.2 Å². The van der Waals surface area contributed by atoms with Crippen molar-refractivity contribution in [2.75, 3.05) is 7.05 Å². The number of benzene rings is 2. The minimum atomic E-state index is 0.127. The molecule has 2 aromatic carbocycles. The molecule has 0 saturated carbocycles. The van der Waals surface area contributed by atoms with Gasteiger partial charge in [0.1, 0.15) is 5.58 Å². The van der Waals surface area contributed by atoms with Gasteiger partial charge in [0, 0.05) is 24.2 Å². The Morgan fingerprint density at radius 1 is 1.10 bits per heavy atom. The lowest BCUT2D eigenvalue weighted by Gasteiger charge is -1.96. The molecule has 0 aliphatic carbocycles. The van der Waals surface area contributed by atoms with E-state index in [9.17, 15) is 4.79 Å². The normalized spacial score (nSPS) is 10.1. The zero-order chi connectivity index (χ0) is 14.4. The first-order valence-corrected chi connectivity index (χ1v) is 6.81. The van der Waals surface area contributed by atoms with Gasteiger partial charge in [0.15, 0.2) is 0 Å². The third-order valence-corrected chi connectivity index (χ3v) is 3.10. The summed E-state index contributed by atoms with van der Waals surface area (Å²) in [5, 5.41) is 6.10. The molecule has 0 spiro atoms. The van der Waals surface area contributed by atoms with E-state index in [0.717, 1.165) is 12.0 Å². The lowest BCUT2D eigenvalue weighted by Crippen LogP contribution is -2.16. The molecule has 1 heterocycles. The van der Waals surface area contributed by atoms with Gasteiger partial charge in [0.05, 0.1) is 6.26 Å². The second-order valence-corrected chi connectivity index (χ2v) is 4.55. The highest BCUT2D eigenvalue weighted by atomic mass is 16.3. The van der Waals surface area contributed by atoms with Crippen LogP contribution in [0.5, 0.6) is 0 Å². The second kappa shape index (κ2) is 6.75. The Labute approximate surface area is 118 Å². The largest absolute Gasteiger partial charge is 0.464 e. The third kappa shape index (κ3) is 3.18. The van der Waals surface area contributed by atoms with E-state index < -0.39 is 0 Å². The highest BCUT2D eigenvalue weighted by molar-refractivity contribution is 6.04. The van der Waals surface area contributed by atoms with E-state index in [-0.39, 0.29) is 5.91 Å². The van der Waals surface area contributed by atoms with Crippen molar-refractivity contribution in [1.82, 2.24) is 5.32 Å². The molecular formula is C17H19NO2. The Morgan fingerprint density at radius 3 is 2.55 bits per heavy atom. The van der Waals surface area contributed by atoms with Crippen LogP contribution >= 0.6 is 0 Å². The molecule has 0 unspecified atom stereocenters. The fourth-order valence-electron chi connectivity index (χ4n) is 2.05. The number of carbonyl (C=O) groups excluding carboxylic acids is 1. The first-order chi connectivity index (χ1) is 9.76. The first kappa shape index (κ1) is 14.1. The second-order valence-electron chi connectivity index (χ2n) is 4.55. The van der Waals surface area contributed by atoms with E-state index in [0.29, 0.717) is 6.42 Å². The van der Waals surface area contributed by atoms with Crippen molar-refractivity contribution >= 4 is 27.6 Å². The lowest BCUT2D eigenvalue weighted by molar-refractivity contribution is -0.120. The number of rotatable bonds is 2. The van der Waals surface area contributed by atoms with Crippen LogP contribution in [0.3, 0.4) is 0 Å². The summed E-state index contributed by atoms with van der Waals surface area (Å²) >= 11 is 0. The highest BCUT2D eigenvalue weighted by Crippen LogP contribution is 2.25. The van der Waals surface area contributed by atoms with Crippen LogP contribution in [0.15, 0.2) is 53.1 Å². The van der Waals surface area contributed by atoms with Crippen LogP contribution in [-0.2, 0) is 4.79 Å². The first-order valence-electron chi connectivity index (χ1n) is 6.81. The minimum Gasteiger partial charge on any atom is -0.464 e. The van der Waals surface area contributed by atoms with Crippen molar-refractivity contribution in [1.29, 1.82) is 0 Å². The number of fused-ring (bicyclic) bond motifs is 3. The summed E-state index contributed by atoms with van der Waals surface area (Å²) < 4.78 is 5.43. The van der Waals surface area contributed by atoms with Gasteiger partial charge in [0.25, 0.3) is 0 Å². The smallest absolute Gasteiger partial charge is 0.219 e. The average Bonchev–Trinajstić information content (AvgIpc) is 2.97. The number of furan rings is 1. The van der Waals surface area contributed by atoms with Crippen LogP contribution in [-0.4, -0.2) is 13.0 Å². The zero-order valence-corrected chi connectivity index (χ0v) is 11.8. The predicted molar refractivity (Wildman–Crippen MR) is 82.7 cm³/mol. The number of carbonyl (C=O) groups is 1. The molecule has 0 aliphatic heterocycles. The van der Waals surface area contributed by atoms with E-state index in [1.807, 2.05) is 25.1 Å². The van der Waals surface area contributed by atoms with Gasteiger partial charge in [-0.25, -0.2) is 0 Å². The minimum absolute atomic E-state index is 0.127. The molecule has 20 heavy (non-hydrogen) atoms. The Kier molecular flexibility index (Phi) is 4.77. The number of hydrogen-bond acceptors (Lipinski definition) is 2. The van der Waals surface area contributed by atoms with Gasteiger partial charge >= 0.3 is 0 Å². The number of amides is 1. The van der Waals surface area contributed by atoms with Gasteiger partial charge in [-0.15, -0.1) is 0 Å². The van der Waals surface area contributed by atoms with Gasteiger partial charge in [0.2, 0.25) is 5.91 Å². The topological polar surface area (TPSA) is 42.2 Å². The number of hydrogen-bond donors (Lipinski definition) is 1. The maximum absolute atomic E-state index is 10.3. The average molecular weight is 269 g/mol. The third-order valence-electron chi connectivity index (χ3n) is 3.10. The fourth-order valence-corrected chi connectivity index (χ4v) is 2.05. The molecule has 3 aromatic rings. The molecule has 104 valence electrons. The fraction of sp³-hybridized carbons (Fsp3) is 0.235. The van der Waals surface area contributed by atoms with E-state index >= 15 is 0 Å². The summed E-state index contributed by atoms with van der Waals surface area (Å²) in [5.41, 5.74) is 0.984. The summed E-state index contributed by atoms with van der Waals surface area (Å²) in [5.74, 6) is 0.127. The van der Waals surface area contributed by atoms with Crippen LogP contribution in [0.1, 0.15) is 19.8 Å². The van der Waals surface area contributed by atoms with Crippen molar-refractivity contribution in [3.8, 4) is 0 Å². The van der Waals surface area contributed by atoms with Crippen LogP contribution in [0.4, 0.5) is 0 Å². The van der Waals surface area contributed by atoms with Crippen molar-refractivity contribution < 1.29 is 9.21 Å². The summed E-state index contributed by atoms with van der Waals surface area (Å²) in [6.07, 6.45) is 3.31. The van der Waals surface area contributed by atoms with E-state index in [1.54, 1.807) is 13.3 Å². The van der Waals surface area contributed by atoms with Crippen molar-refractivity contribution in [3.63, 3.8) is 0 Å². The standard InChI is InChI=1S/C12H8O.C5H11NO/c1-2-4-11-9(3-1)5-6-10-7-8-13-12(10)11;1-3-4-5(7)6-2/h1-8H;3-4H2,1-2H3,(H,6,7). The Bertz CT molecular complexity index is 700. The van der Waals surface area contributed by atoms with E-state index in [2.05, 4.69) is 29.6 Å². The zero-order valence-electron chi connectivity index (χ0n) is 11.8. The number of nitrogens with one attached hydrogen (secondary N) is 1. The van der Waals surface area contributed by atoms with Crippen LogP contribution in [0.25, 0.3) is 21.7 Å². The van der Waals surface area contributed by atoms with Crippen molar-refractivity contribution in [2.24, 2.45) is 0 Å². The summed E-state index contributed by atoms with van der Waals surface area (Å²) in [4.78, 5) is 10.3. The molecule has 0 bridgehead atoms. The summed E-state index contributed by atoms with van der Waals surface area (Å²) in [6, 6.07) is 14.4. The van der Waals surface area contributed by atoms with Gasteiger partial charge in [-0.2, -0.15) is 0 Å².